The smallest absolute Gasteiger partial charge is 0.230 e. The quantitative estimate of drug-likeness (QED) is 0.777. The molecule has 1 N–H and O–H groups in total. The fraction of sp³-hybridized carbons (Fsp3) is 0.364. The number of carbonyl (C=O) groups excluding carboxylic acids is 2. The summed E-state index contributed by atoms with van der Waals surface area (Å²) in [5.74, 6) is 0.665. The summed E-state index contributed by atoms with van der Waals surface area (Å²) < 4.78 is 0. The molecule has 0 spiro atoms. The van der Waals surface area contributed by atoms with Gasteiger partial charge in [-0.3, -0.25) is 9.59 Å². The number of amides is 2. The highest BCUT2D eigenvalue weighted by Crippen LogP contribution is 2.27. The van der Waals surface area contributed by atoms with E-state index in [0.717, 1.165) is 30.6 Å². The van der Waals surface area contributed by atoms with E-state index in [1.54, 1.807) is 11.8 Å². The molecule has 2 aliphatic rings. The molecule has 1 fully saturated rings. The van der Waals surface area contributed by atoms with Crippen molar-refractivity contribution < 1.29 is 9.59 Å². The van der Waals surface area contributed by atoms with Gasteiger partial charge in [0.05, 0.1) is 5.75 Å². The Balaban J connectivity index is 1.25. The number of anilines is 1. The van der Waals surface area contributed by atoms with E-state index >= 15 is 0 Å². The van der Waals surface area contributed by atoms with Crippen molar-refractivity contribution in [2.75, 3.05) is 17.2 Å². The molecule has 1 aliphatic carbocycles. The zero-order valence-electron chi connectivity index (χ0n) is 15.4. The summed E-state index contributed by atoms with van der Waals surface area (Å²) in [5, 5.41) is 2.98. The topological polar surface area (TPSA) is 49.4 Å². The van der Waals surface area contributed by atoms with Crippen LogP contribution in [0.2, 0.25) is 0 Å². The minimum atomic E-state index is 0.0410. The molecule has 4 nitrogen and oxygen atoms in total. The number of carbonyl (C=O) groups is 2. The van der Waals surface area contributed by atoms with Crippen molar-refractivity contribution in [3.05, 3.63) is 59.2 Å². The number of hydrogen-bond donors (Lipinski definition) is 1. The first-order valence-corrected chi connectivity index (χ1v) is 10.6. The molecule has 27 heavy (non-hydrogen) atoms. The summed E-state index contributed by atoms with van der Waals surface area (Å²) in [7, 11) is 0. The van der Waals surface area contributed by atoms with Crippen LogP contribution in [-0.2, 0) is 29.0 Å². The number of aryl methyl sites for hydroxylation is 2. The van der Waals surface area contributed by atoms with Crippen LogP contribution in [0.1, 0.15) is 36.0 Å². The van der Waals surface area contributed by atoms with Crippen LogP contribution in [0.15, 0.2) is 47.4 Å². The van der Waals surface area contributed by atoms with Gasteiger partial charge < -0.3 is 10.2 Å². The summed E-state index contributed by atoms with van der Waals surface area (Å²) in [6.45, 7) is 1.31. The van der Waals surface area contributed by atoms with E-state index in [9.17, 15) is 9.59 Å². The third-order valence-corrected chi connectivity index (χ3v) is 6.24. The number of thioether (sulfide) groups is 1. The van der Waals surface area contributed by atoms with Crippen molar-refractivity contribution in [3.63, 3.8) is 0 Å². The Morgan fingerprint density at radius 3 is 2.59 bits per heavy atom. The molecular weight excluding hydrogens is 356 g/mol. The minimum absolute atomic E-state index is 0.0410. The van der Waals surface area contributed by atoms with Gasteiger partial charge in [-0.05, 0) is 66.6 Å². The second-order valence-corrected chi connectivity index (χ2v) is 8.21. The molecule has 0 atom stereocenters. The van der Waals surface area contributed by atoms with Gasteiger partial charge in [0, 0.05) is 30.1 Å². The number of fused-ring (bicyclic) bond motifs is 1. The van der Waals surface area contributed by atoms with E-state index in [0.29, 0.717) is 18.7 Å². The first-order valence-electron chi connectivity index (χ1n) is 9.60. The third-order valence-electron chi connectivity index (χ3n) is 5.25. The highest BCUT2D eigenvalue weighted by molar-refractivity contribution is 8.00. The summed E-state index contributed by atoms with van der Waals surface area (Å²) in [6.07, 6.45) is 5.16. The fourth-order valence-electron chi connectivity index (χ4n) is 3.75. The zero-order chi connectivity index (χ0) is 18.6. The van der Waals surface area contributed by atoms with E-state index in [1.807, 2.05) is 29.2 Å². The average molecular weight is 381 g/mol. The lowest BCUT2D eigenvalue weighted by atomic mass is 10.1. The maximum absolute atomic E-state index is 12.2. The summed E-state index contributed by atoms with van der Waals surface area (Å²) in [4.78, 5) is 27.0. The highest BCUT2D eigenvalue weighted by Gasteiger charge is 2.21. The van der Waals surface area contributed by atoms with Crippen LogP contribution in [0.25, 0.3) is 0 Å². The lowest BCUT2D eigenvalue weighted by molar-refractivity contribution is -0.119. The lowest BCUT2D eigenvalue weighted by Gasteiger charge is -2.16. The van der Waals surface area contributed by atoms with E-state index in [-0.39, 0.29) is 11.8 Å². The Morgan fingerprint density at radius 2 is 1.81 bits per heavy atom. The summed E-state index contributed by atoms with van der Waals surface area (Å²) >= 11 is 1.59. The number of rotatable bonds is 6. The molecule has 2 aromatic carbocycles. The van der Waals surface area contributed by atoms with Crippen molar-refractivity contribution in [2.24, 2.45) is 0 Å². The molecule has 0 saturated carbocycles. The summed E-state index contributed by atoms with van der Waals surface area (Å²) in [5.41, 5.74) is 4.89. The molecule has 0 radical (unpaired) electrons. The minimum Gasteiger partial charge on any atom is -0.351 e. The Hall–Kier alpha value is -2.27. The molecule has 0 bridgehead atoms. The molecule has 5 heteroatoms. The van der Waals surface area contributed by atoms with Crippen LogP contribution in [0, 0.1) is 0 Å². The Morgan fingerprint density at radius 1 is 1.00 bits per heavy atom. The molecule has 0 unspecified atom stereocenters. The first-order chi connectivity index (χ1) is 13.2. The van der Waals surface area contributed by atoms with Gasteiger partial charge in [0.1, 0.15) is 0 Å². The van der Waals surface area contributed by atoms with Crippen LogP contribution in [-0.4, -0.2) is 24.1 Å². The largest absolute Gasteiger partial charge is 0.351 e. The molecule has 140 valence electrons. The molecule has 1 heterocycles. The number of hydrogen-bond acceptors (Lipinski definition) is 3. The Bertz CT molecular complexity index is 848. The molecule has 2 amide bonds. The predicted octanol–water partition coefficient (Wildman–Crippen LogP) is 3.71. The van der Waals surface area contributed by atoms with E-state index in [2.05, 4.69) is 23.5 Å². The SMILES string of the molecule is O=C(CSc1ccc2c(c1)CCC2)NCc1ccc(N2CCCC2=O)cc1. The van der Waals surface area contributed by atoms with E-state index in [4.69, 9.17) is 0 Å². The van der Waals surface area contributed by atoms with E-state index in [1.165, 1.54) is 28.9 Å². The van der Waals surface area contributed by atoms with Gasteiger partial charge in [0.25, 0.3) is 0 Å². The van der Waals surface area contributed by atoms with Crippen molar-refractivity contribution in [3.8, 4) is 0 Å². The van der Waals surface area contributed by atoms with Crippen LogP contribution >= 0.6 is 11.8 Å². The molecule has 4 rings (SSSR count). The van der Waals surface area contributed by atoms with E-state index < -0.39 is 0 Å². The highest BCUT2D eigenvalue weighted by atomic mass is 32.2. The standard InChI is InChI=1S/C22H24N2O2S/c25-21(15-27-20-11-8-17-3-1-4-18(17)13-20)23-14-16-6-9-19(10-7-16)24-12-2-5-22(24)26/h6-11,13H,1-5,12,14-15H2,(H,23,25). The van der Waals surface area contributed by atoms with Crippen molar-refractivity contribution in [1.29, 1.82) is 0 Å². The number of nitrogens with zero attached hydrogens (tertiary/aromatic N) is 1. The zero-order valence-corrected chi connectivity index (χ0v) is 16.2. The maximum Gasteiger partial charge on any atom is 0.230 e. The number of nitrogens with one attached hydrogen (secondary N) is 1. The van der Waals surface area contributed by atoms with Crippen molar-refractivity contribution in [2.45, 2.75) is 43.5 Å². The van der Waals surface area contributed by atoms with Crippen molar-refractivity contribution in [1.82, 2.24) is 5.32 Å². The first kappa shape index (κ1) is 18.1. The van der Waals surface area contributed by atoms with Gasteiger partial charge in [-0.1, -0.05) is 18.2 Å². The lowest BCUT2D eigenvalue weighted by Crippen LogP contribution is -2.25. The Labute approximate surface area is 164 Å². The van der Waals surface area contributed by atoms with Crippen LogP contribution < -0.4 is 10.2 Å². The predicted molar refractivity (Wildman–Crippen MR) is 109 cm³/mol. The normalized spacial score (nSPS) is 15.9. The van der Waals surface area contributed by atoms with Crippen LogP contribution in [0.5, 0.6) is 0 Å². The van der Waals surface area contributed by atoms with Gasteiger partial charge in [-0.25, -0.2) is 0 Å². The molecular formula is C22H24N2O2S. The molecule has 1 aliphatic heterocycles. The van der Waals surface area contributed by atoms with Crippen LogP contribution in [0.3, 0.4) is 0 Å². The third kappa shape index (κ3) is 4.35. The molecule has 1 saturated heterocycles. The van der Waals surface area contributed by atoms with Gasteiger partial charge in [-0.2, -0.15) is 0 Å². The van der Waals surface area contributed by atoms with Crippen molar-refractivity contribution >= 4 is 29.3 Å². The monoisotopic (exact) mass is 380 g/mol. The second-order valence-electron chi connectivity index (χ2n) is 7.16. The van der Waals surface area contributed by atoms with Gasteiger partial charge in [-0.15, -0.1) is 11.8 Å². The van der Waals surface area contributed by atoms with Gasteiger partial charge in [0.15, 0.2) is 0 Å². The average Bonchev–Trinajstić information content (AvgIpc) is 3.33. The second kappa shape index (κ2) is 8.17. The fourth-order valence-corrected chi connectivity index (χ4v) is 4.54. The number of benzene rings is 2. The van der Waals surface area contributed by atoms with Gasteiger partial charge >= 0.3 is 0 Å². The van der Waals surface area contributed by atoms with Gasteiger partial charge in [0.2, 0.25) is 11.8 Å². The summed E-state index contributed by atoms with van der Waals surface area (Å²) in [6, 6.07) is 14.5. The Kier molecular flexibility index (Phi) is 5.48. The molecule has 0 aromatic heterocycles. The molecule has 2 aromatic rings. The maximum atomic E-state index is 12.2. The van der Waals surface area contributed by atoms with Crippen LogP contribution in [0.4, 0.5) is 5.69 Å².